The SMILES string of the molecule is CC(C)(C)CN1CCN(C(=O)CCCC(=O)c2ccc(F)cc2)CC1. The van der Waals surface area contributed by atoms with Gasteiger partial charge < -0.3 is 4.90 Å². The molecule has 0 N–H and O–H groups in total. The summed E-state index contributed by atoms with van der Waals surface area (Å²) in [6.45, 7) is 11.1. The summed E-state index contributed by atoms with van der Waals surface area (Å²) >= 11 is 0. The van der Waals surface area contributed by atoms with Gasteiger partial charge in [-0.25, -0.2) is 4.39 Å². The van der Waals surface area contributed by atoms with Gasteiger partial charge in [-0.2, -0.15) is 0 Å². The zero-order chi connectivity index (χ0) is 18.4. The summed E-state index contributed by atoms with van der Waals surface area (Å²) < 4.78 is 12.9. The Balaban J connectivity index is 1.69. The highest BCUT2D eigenvalue weighted by Crippen LogP contribution is 2.17. The summed E-state index contributed by atoms with van der Waals surface area (Å²) in [6, 6.07) is 5.56. The first-order valence-electron chi connectivity index (χ1n) is 9.03. The Bertz CT molecular complexity index is 585. The summed E-state index contributed by atoms with van der Waals surface area (Å²) in [5, 5.41) is 0. The van der Waals surface area contributed by atoms with Gasteiger partial charge in [0.05, 0.1) is 0 Å². The number of rotatable bonds is 6. The number of halogens is 1. The van der Waals surface area contributed by atoms with Crippen molar-refractivity contribution in [2.24, 2.45) is 5.41 Å². The monoisotopic (exact) mass is 348 g/mol. The van der Waals surface area contributed by atoms with Gasteiger partial charge in [0, 0.05) is 51.1 Å². The molecule has 1 heterocycles. The standard InChI is InChI=1S/C20H29FN2O2/c1-20(2,3)15-22-11-13-23(14-12-22)19(25)6-4-5-18(24)16-7-9-17(21)10-8-16/h7-10H,4-6,11-15H2,1-3H3. The highest BCUT2D eigenvalue weighted by Gasteiger charge is 2.23. The maximum atomic E-state index is 12.9. The van der Waals surface area contributed by atoms with Crippen molar-refractivity contribution >= 4 is 11.7 Å². The summed E-state index contributed by atoms with van der Waals surface area (Å²) in [5.41, 5.74) is 0.775. The average molecular weight is 348 g/mol. The number of hydrogen-bond donors (Lipinski definition) is 0. The number of amides is 1. The van der Waals surface area contributed by atoms with Crippen LogP contribution in [0.2, 0.25) is 0 Å². The Morgan fingerprint density at radius 1 is 1.00 bits per heavy atom. The van der Waals surface area contributed by atoms with E-state index in [4.69, 9.17) is 0 Å². The number of carbonyl (C=O) groups excluding carboxylic acids is 2. The fraction of sp³-hybridized carbons (Fsp3) is 0.600. The molecule has 1 saturated heterocycles. The van der Waals surface area contributed by atoms with Crippen molar-refractivity contribution in [1.82, 2.24) is 9.80 Å². The molecule has 0 bridgehead atoms. The van der Waals surface area contributed by atoms with Crippen LogP contribution in [0.5, 0.6) is 0 Å². The fourth-order valence-corrected chi connectivity index (χ4v) is 3.16. The first-order valence-corrected chi connectivity index (χ1v) is 9.03. The third-order valence-corrected chi connectivity index (χ3v) is 4.38. The second-order valence-corrected chi connectivity index (χ2v) is 8.00. The van der Waals surface area contributed by atoms with Crippen LogP contribution in [0, 0.1) is 11.2 Å². The highest BCUT2D eigenvalue weighted by atomic mass is 19.1. The van der Waals surface area contributed by atoms with E-state index in [0.717, 1.165) is 32.7 Å². The Morgan fingerprint density at radius 3 is 2.16 bits per heavy atom. The summed E-state index contributed by atoms with van der Waals surface area (Å²) in [4.78, 5) is 28.6. The largest absolute Gasteiger partial charge is 0.340 e. The first kappa shape index (κ1) is 19.6. The number of ketones is 1. The number of hydrogen-bond acceptors (Lipinski definition) is 3. The van der Waals surface area contributed by atoms with Crippen LogP contribution in [0.1, 0.15) is 50.4 Å². The molecule has 0 aliphatic carbocycles. The molecule has 0 unspecified atom stereocenters. The third-order valence-electron chi connectivity index (χ3n) is 4.38. The Labute approximate surface area is 150 Å². The van der Waals surface area contributed by atoms with Gasteiger partial charge in [-0.1, -0.05) is 20.8 Å². The molecule has 1 aromatic rings. The predicted octanol–water partition coefficient (Wildman–Crippen LogP) is 3.37. The van der Waals surface area contributed by atoms with Gasteiger partial charge in [-0.3, -0.25) is 14.5 Å². The molecular formula is C20H29FN2O2. The third kappa shape index (κ3) is 6.58. The van der Waals surface area contributed by atoms with E-state index in [2.05, 4.69) is 25.7 Å². The number of nitrogens with zero attached hydrogens (tertiary/aromatic N) is 2. The van der Waals surface area contributed by atoms with Crippen LogP contribution in [0.25, 0.3) is 0 Å². The Kier molecular flexibility index (Phi) is 6.71. The second-order valence-electron chi connectivity index (χ2n) is 8.00. The maximum absolute atomic E-state index is 12.9. The van der Waals surface area contributed by atoms with Crippen molar-refractivity contribution in [2.45, 2.75) is 40.0 Å². The quantitative estimate of drug-likeness (QED) is 0.740. The minimum Gasteiger partial charge on any atom is -0.340 e. The molecule has 0 aromatic heterocycles. The van der Waals surface area contributed by atoms with Crippen molar-refractivity contribution in [1.29, 1.82) is 0 Å². The molecule has 1 amide bonds. The molecule has 1 aromatic carbocycles. The van der Waals surface area contributed by atoms with E-state index in [-0.39, 0.29) is 22.9 Å². The van der Waals surface area contributed by atoms with Crippen LogP contribution >= 0.6 is 0 Å². The Hall–Kier alpha value is -1.75. The molecule has 2 rings (SSSR count). The smallest absolute Gasteiger partial charge is 0.222 e. The van der Waals surface area contributed by atoms with E-state index in [1.165, 1.54) is 24.3 Å². The molecule has 1 aliphatic rings. The molecule has 4 nitrogen and oxygen atoms in total. The molecule has 0 saturated carbocycles. The normalized spacial score (nSPS) is 16.1. The maximum Gasteiger partial charge on any atom is 0.222 e. The van der Waals surface area contributed by atoms with Gasteiger partial charge in [0.1, 0.15) is 5.82 Å². The minimum absolute atomic E-state index is 0.0391. The Morgan fingerprint density at radius 2 is 1.60 bits per heavy atom. The number of Topliss-reactive ketones (excluding diaryl/α,β-unsaturated/α-hetero) is 1. The molecule has 0 atom stereocenters. The minimum atomic E-state index is -0.350. The molecule has 5 heteroatoms. The summed E-state index contributed by atoms with van der Waals surface area (Å²) in [5.74, 6) is -0.262. The summed E-state index contributed by atoms with van der Waals surface area (Å²) in [7, 11) is 0. The molecular weight excluding hydrogens is 319 g/mol. The highest BCUT2D eigenvalue weighted by molar-refractivity contribution is 5.96. The lowest BCUT2D eigenvalue weighted by atomic mass is 9.96. The van der Waals surface area contributed by atoms with E-state index in [9.17, 15) is 14.0 Å². The zero-order valence-corrected chi connectivity index (χ0v) is 15.6. The van der Waals surface area contributed by atoms with Gasteiger partial charge >= 0.3 is 0 Å². The first-order chi connectivity index (χ1) is 11.7. The molecule has 25 heavy (non-hydrogen) atoms. The van der Waals surface area contributed by atoms with Crippen LogP contribution in [-0.4, -0.2) is 54.2 Å². The van der Waals surface area contributed by atoms with Crippen molar-refractivity contribution in [3.63, 3.8) is 0 Å². The number of carbonyl (C=O) groups is 2. The van der Waals surface area contributed by atoms with Crippen LogP contribution in [0.15, 0.2) is 24.3 Å². The van der Waals surface area contributed by atoms with E-state index >= 15 is 0 Å². The molecule has 0 radical (unpaired) electrons. The van der Waals surface area contributed by atoms with Crippen LogP contribution in [-0.2, 0) is 4.79 Å². The lowest BCUT2D eigenvalue weighted by Gasteiger charge is -2.37. The van der Waals surface area contributed by atoms with Gasteiger partial charge in [0.2, 0.25) is 5.91 Å². The summed E-state index contributed by atoms with van der Waals surface area (Å²) in [6.07, 6.45) is 1.25. The van der Waals surface area contributed by atoms with Crippen molar-refractivity contribution < 1.29 is 14.0 Å². The number of benzene rings is 1. The lowest BCUT2D eigenvalue weighted by molar-refractivity contribution is -0.133. The topological polar surface area (TPSA) is 40.6 Å². The van der Waals surface area contributed by atoms with Crippen LogP contribution < -0.4 is 0 Å². The van der Waals surface area contributed by atoms with E-state index < -0.39 is 0 Å². The predicted molar refractivity (Wildman–Crippen MR) is 97.1 cm³/mol. The molecule has 1 fully saturated rings. The van der Waals surface area contributed by atoms with E-state index in [1.54, 1.807) is 0 Å². The molecule has 138 valence electrons. The number of piperazine rings is 1. The average Bonchev–Trinajstić information content (AvgIpc) is 2.54. The van der Waals surface area contributed by atoms with Crippen LogP contribution in [0.3, 0.4) is 0 Å². The van der Waals surface area contributed by atoms with Crippen molar-refractivity contribution in [2.75, 3.05) is 32.7 Å². The van der Waals surface area contributed by atoms with Gasteiger partial charge in [0.25, 0.3) is 0 Å². The lowest BCUT2D eigenvalue weighted by Crippen LogP contribution is -2.50. The van der Waals surface area contributed by atoms with E-state index in [1.807, 2.05) is 4.90 Å². The fourth-order valence-electron chi connectivity index (χ4n) is 3.16. The van der Waals surface area contributed by atoms with Gasteiger partial charge in [-0.15, -0.1) is 0 Å². The van der Waals surface area contributed by atoms with E-state index in [0.29, 0.717) is 24.8 Å². The van der Waals surface area contributed by atoms with Crippen LogP contribution in [0.4, 0.5) is 4.39 Å². The zero-order valence-electron chi connectivity index (χ0n) is 15.6. The van der Waals surface area contributed by atoms with Gasteiger partial charge in [-0.05, 0) is 36.1 Å². The van der Waals surface area contributed by atoms with Gasteiger partial charge in [0.15, 0.2) is 5.78 Å². The van der Waals surface area contributed by atoms with Crippen molar-refractivity contribution in [3.05, 3.63) is 35.6 Å². The van der Waals surface area contributed by atoms with Crippen molar-refractivity contribution in [3.8, 4) is 0 Å². The molecule has 1 aliphatic heterocycles. The second kappa shape index (κ2) is 8.56. The molecule has 0 spiro atoms.